The molecule has 7 heteroatoms. The quantitative estimate of drug-likeness (QED) is 0.498. The predicted molar refractivity (Wildman–Crippen MR) is 69.3 cm³/mol. The summed E-state index contributed by atoms with van der Waals surface area (Å²) >= 11 is 1.37. The molecule has 0 aliphatic heterocycles. The number of nitrogens with zero attached hydrogens (tertiary/aromatic N) is 3. The third-order valence-electron chi connectivity index (χ3n) is 2.34. The summed E-state index contributed by atoms with van der Waals surface area (Å²) in [6, 6.07) is 0. The van der Waals surface area contributed by atoms with E-state index in [1.165, 1.54) is 18.1 Å². The second-order valence-corrected chi connectivity index (χ2v) is 5.04. The monoisotopic (exact) mass is 265 g/mol. The Kier molecular flexibility index (Phi) is 3.83. The number of nitrogens with one attached hydrogen (secondary N) is 1. The molecule has 0 aliphatic rings. The van der Waals surface area contributed by atoms with Crippen molar-refractivity contribution < 1.29 is 4.42 Å². The number of aromatic nitrogens is 3. The fraction of sp³-hybridized carbons (Fsp3) is 0.364. The largest absolute Gasteiger partial charge is 0.439 e. The second kappa shape index (κ2) is 5.36. The highest BCUT2D eigenvalue weighted by Crippen LogP contribution is 2.34. The molecule has 6 nitrogen and oxygen atoms in total. The first-order chi connectivity index (χ1) is 8.61. The van der Waals surface area contributed by atoms with Crippen molar-refractivity contribution in [2.45, 2.75) is 36.9 Å². The highest BCUT2D eigenvalue weighted by Gasteiger charge is 2.17. The first-order valence-electron chi connectivity index (χ1n) is 5.53. The molecule has 0 aromatic carbocycles. The van der Waals surface area contributed by atoms with Crippen LogP contribution in [0.4, 0.5) is 5.82 Å². The maximum atomic E-state index is 5.47. The summed E-state index contributed by atoms with van der Waals surface area (Å²) in [6.45, 7) is 6.00. The summed E-state index contributed by atoms with van der Waals surface area (Å²) in [4.78, 5) is 12.6. The Morgan fingerprint density at radius 3 is 2.72 bits per heavy atom. The Morgan fingerprint density at radius 2 is 2.17 bits per heavy atom. The van der Waals surface area contributed by atoms with Gasteiger partial charge in [0.25, 0.3) is 5.22 Å². The van der Waals surface area contributed by atoms with E-state index in [1.54, 1.807) is 6.26 Å². The molecule has 0 amide bonds. The summed E-state index contributed by atoms with van der Waals surface area (Å²) in [5.41, 5.74) is 4.39. The number of rotatable bonds is 4. The molecule has 0 unspecified atom stereocenters. The van der Waals surface area contributed by atoms with E-state index in [4.69, 9.17) is 10.3 Å². The fourth-order valence-electron chi connectivity index (χ4n) is 1.56. The molecule has 0 radical (unpaired) electrons. The van der Waals surface area contributed by atoms with Crippen LogP contribution in [0.15, 0.2) is 27.3 Å². The van der Waals surface area contributed by atoms with Gasteiger partial charge in [-0.2, -0.15) is 0 Å². The fourth-order valence-corrected chi connectivity index (χ4v) is 2.55. The van der Waals surface area contributed by atoms with Gasteiger partial charge in [0.2, 0.25) is 0 Å². The van der Waals surface area contributed by atoms with Crippen LogP contribution in [0.5, 0.6) is 0 Å². The van der Waals surface area contributed by atoms with Crippen LogP contribution in [0.3, 0.4) is 0 Å². The number of hydrogen-bond donors (Lipinski definition) is 2. The maximum absolute atomic E-state index is 5.47. The minimum Gasteiger partial charge on any atom is -0.439 e. The molecule has 2 aromatic rings. The van der Waals surface area contributed by atoms with Crippen LogP contribution in [0.25, 0.3) is 0 Å². The number of nitrogen functional groups attached to an aromatic ring is 1. The Bertz CT molecular complexity index is 540. The number of nitrogens with two attached hydrogens (primary N) is 1. The lowest BCUT2D eigenvalue weighted by molar-refractivity contribution is 0.453. The van der Waals surface area contributed by atoms with E-state index in [0.29, 0.717) is 11.0 Å². The first kappa shape index (κ1) is 12.8. The Balaban J connectivity index is 2.37. The average Bonchev–Trinajstić information content (AvgIpc) is 2.74. The molecule has 0 saturated carbocycles. The van der Waals surface area contributed by atoms with E-state index in [-0.39, 0.29) is 5.92 Å². The standard InChI is InChI=1S/C11H15N5OS/c1-6(2)8-9(16-12)13-5-14-10(8)18-11-15-7(3)4-17-11/h4-6H,12H2,1-3H3,(H,13,14,16). The molecule has 96 valence electrons. The summed E-state index contributed by atoms with van der Waals surface area (Å²) in [5, 5.41) is 1.37. The summed E-state index contributed by atoms with van der Waals surface area (Å²) in [5.74, 6) is 6.34. The highest BCUT2D eigenvalue weighted by molar-refractivity contribution is 7.99. The van der Waals surface area contributed by atoms with Crippen LogP contribution in [0, 0.1) is 6.92 Å². The van der Waals surface area contributed by atoms with Crippen molar-refractivity contribution in [1.82, 2.24) is 15.0 Å². The van der Waals surface area contributed by atoms with E-state index in [9.17, 15) is 0 Å². The van der Waals surface area contributed by atoms with Crippen LogP contribution in [-0.2, 0) is 0 Å². The van der Waals surface area contributed by atoms with Gasteiger partial charge in [-0.1, -0.05) is 13.8 Å². The highest BCUT2D eigenvalue weighted by atomic mass is 32.2. The lowest BCUT2D eigenvalue weighted by atomic mass is 10.1. The molecule has 0 saturated heterocycles. The van der Waals surface area contributed by atoms with Crippen molar-refractivity contribution in [2.24, 2.45) is 5.84 Å². The lowest BCUT2D eigenvalue weighted by Crippen LogP contribution is -2.13. The minimum atomic E-state index is 0.246. The topological polar surface area (TPSA) is 89.9 Å². The molecule has 0 aliphatic carbocycles. The smallest absolute Gasteiger partial charge is 0.262 e. The SMILES string of the molecule is Cc1coc(Sc2ncnc(NN)c2C(C)C)n1. The van der Waals surface area contributed by atoms with Crippen LogP contribution >= 0.6 is 11.8 Å². The van der Waals surface area contributed by atoms with Gasteiger partial charge in [0.1, 0.15) is 23.4 Å². The zero-order valence-corrected chi connectivity index (χ0v) is 11.3. The summed E-state index contributed by atoms with van der Waals surface area (Å²) < 4.78 is 5.32. The van der Waals surface area contributed by atoms with Gasteiger partial charge in [-0.05, 0) is 24.6 Å². The molecular formula is C11H15N5OS. The number of oxazole rings is 1. The third kappa shape index (κ3) is 2.62. The predicted octanol–water partition coefficient (Wildman–Crippen LogP) is 2.33. The van der Waals surface area contributed by atoms with Crippen LogP contribution in [-0.4, -0.2) is 15.0 Å². The summed E-state index contributed by atoms with van der Waals surface area (Å²) in [7, 11) is 0. The molecule has 0 atom stereocenters. The van der Waals surface area contributed by atoms with Crippen molar-refractivity contribution in [3.05, 3.63) is 23.8 Å². The molecule has 18 heavy (non-hydrogen) atoms. The van der Waals surface area contributed by atoms with Crippen LogP contribution in [0.2, 0.25) is 0 Å². The van der Waals surface area contributed by atoms with Gasteiger partial charge in [-0.3, -0.25) is 0 Å². The van der Waals surface area contributed by atoms with E-state index < -0.39 is 0 Å². The van der Waals surface area contributed by atoms with Gasteiger partial charge in [0, 0.05) is 5.56 Å². The molecule has 0 spiro atoms. The Morgan fingerprint density at radius 1 is 1.39 bits per heavy atom. The number of hydrazine groups is 1. The molecule has 3 N–H and O–H groups in total. The maximum Gasteiger partial charge on any atom is 0.262 e. The van der Waals surface area contributed by atoms with Crippen molar-refractivity contribution >= 4 is 17.6 Å². The van der Waals surface area contributed by atoms with Gasteiger partial charge >= 0.3 is 0 Å². The van der Waals surface area contributed by atoms with Crippen molar-refractivity contribution in [3.63, 3.8) is 0 Å². The molecular weight excluding hydrogens is 250 g/mol. The van der Waals surface area contributed by atoms with Gasteiger partial charge in [0.05, 0.1) is 5.69 Å². The molecule has 2 rings (SSSR count). The van der Waals surface area contributed by atoms with Gasteiger partial charge in [-0.25, -0.2) is 20.8 Å². The lowest BCUT2D eigenvalue weighted by Gasteiger charge is -2.13. The van der Waals surface area contributed by atoms with E-state index >= 15 is 0 Å². The molecule has 2 heterocycles. The van der Waals surface area contributed by atoms with E-state index in [0.717, 1.165) is 16.3 Å². The second-order valence-electron chi connectivity index (χ2n) is 4.10. The first-order valence-corrected chi connectivity index (χ1v) is 6.35. The van der Waals surface area contributed by atoms with Crippen molar-refractivity contribution in [2.75, 3.05) is 5.43 Å². The van der Waals surface area contributed by atoms with Crippen molar-refractivity contribution in [1.29, 1.82) is 0 Å². The third-order valence-corrected chi connectivity index (χ3v) is 3.22. The Hall–Kier alpha value is -1.60. The minimum absolute atomic E-state index is 0.246. The van der Waals surface area contributed by atoms with E-state index in [1.807, 2.05) is 6.92 Å². The number of aryl methyl sites for hydroxylation is 1. The van der Waals surface area contributed by atoms with Gasteiger partial charge in [0.15, 0.2) is 0 Å². The van der Waals surface area contributed by atoms with Crippen LogP contribution in [0.1, 0.15) is 31.0 Å². The molecule has 0 fully saturated rings. The number of anilines is 1. The zero-order chi connectivity index (χ0) is 13.1. The molecule has 0 bridgehead atoms. The summed E-state index contributed by atoms with van der Waals surface area (Å²) in [6.07, 6.45) is 3.08. The normalized spacial score (nSPS) is 10.9. The van der Waals surface area contributed by atoms with E-state index in [2.05, 4.69) is 34.2 Å². The van der Waals surface area contributed by atoms with Crippen LogP contribution < -0.4 is 11.3 Å². The van der Waals surface area contributed by atoms with Gasteiger partial charge < -0.3 is 9.84 Å². The average molecular weight is 265 g/mol. The van der Waals surface area contributed by atoms with Crippen molar-refractivity contribution in [3.8, 4) is 0 Å². The zero-order valence-electron chi connectivity index (χ0n) is 10.5. The van der Waals surface area contributed by atoms with Gasteiger partial charge in [-0.15, -0.1) is 0 Å². The number of hydrogen-bond acceptors (Lipinski definition) is 7. The Labute approximate surface area is 109 Å². The molecule has 2 aromatic heterocycles.